The van der Waals surface area contributed by atoms with Crippen LogP contribution >= 0.6 is 0 Å². The van der Waals surface area contributed by atoms with Crippen LogP contribution in [0.1, 0.15) is 24.5 Å². The van der Waals surface area contributed by atoms with Gasteiger partial charge in [0.25, 0.3) is 5.91 Å². The third-order valence-electron chi connectivity index (χ3n) is 5.13. The second-order valence-corrected chi connectivity index (χ2v) is 7.31. The fraction of sp³-hybridized carbons (Fsp3) is 0.409. The Labute approximate surface area is 188 Å². The number of amides is 2. The maximum Gasteiger partial charge on any atom is 0.419 e. The highest BCUT2D eigenvalue weighted by atomic mass is 19.4. The zero-order valence-corrected chi connectivity index (χ0v) is 17.9. The SMILES string of the molecule is CCOC(=O)N(c1ncccc1C(F)(F)F)C1CCN(C(=O)COc2ccc(CO)cc2)C1. The second kappa shape index (κ2) is 10.5. The molecule has 1 unspecified atom stereocenters. The number of hydrogen-bond acceptors (Lipinski definition) is 6. The Kier molecular flexibility index (Phi) is 7.75. The average molecular weight is 467 g/mol. The summed E-state index contributed by atoms with van der Waals surface area (Å²) in [4.78, 5) is 31.3. The van der Waals surface area contributed by atoms with Crippen LogP contribution in [0.25, 0.3) is 0 Å². The minimum absolute atomic E-state index is 0.0122. The first-order valence-corrected chi connectivity index (χ1v) is 10.3. The molecule has 1 aliphatic rings. The number of ether oxygens (including phenoxy) is 2. The van der Waals surface area contributed by atoms with E-state index in [2.05, 4.69) is 4.98 Å². The Morgan fingerprint density at radius 2 is 1.97 bits per heavy atom. The predicted octanol–water partition coefficient (Wildman–Crippen LogP) is 3.24. The normalized spacial score (nSPS) is 15.9. The zero-order chi connectivity index (χ0) is 24.0. The zero-order valence-electron chi connectivity index (χ0n) is 17.9. The van der Waals surface area contributed by atoms with E-state index in [-0.39, 0.29) is 45.2 Å². The highest BCUT2D eigenvalue weighted by Crippen LogP contribution is 2.37. The van der Waals surface area contributed by atoms with Crippen LogP contribution in [-0.2, 0) is 22.3 Å². The summed E-state index contributed by atoms with van der Waals surface area (Å²) in [6.45, 7) is 1.38. The van der Waals surface area contributed by atoms with Crippen LogP contribution in [0.3, 0.4) is 0 Å². The smallest absolute Gasteiger partial charge is 0.419 e. The molecule has 0 radical (unpaired) electrons. The van der Waals surface area contributed by atoms with Crippen LogP contribution in [0.5, 0.6) is 5.75 Å². The predicted molar refractivity (Wildman–Crippen MR) is 112 cm³/mol. The van der Waals surface area contributed by atoms with E-state index < -0.39 is 29.7 Å². The first-order valence-electron chi connectivity index (χ1n) is 10.3. The number of aliphatic hydroxyl groups is 1. The fourth-order valence-corrected chi connectivity index (χ4v) is 3.52. The van der Waals surface area contributed by atoms with Crippen LogP contribution in [0.15, 0.2) is 42.6 Å². The Morgan fingerprint density at radius 3 is 2.61 bits per heavy atom. The van der Waals surface area contributed by atoms with Gasteiger partial charge in [-0.3, -0.25) is 9.69 Å². The second-order valence-electron chi connectivity index (χ2n) is 7.31. The molecule has 1 aromatic carbocycles. The average Bonchev–Trinajstić information content (AvgIpc) is 3.27. The topological polar surface area (TPSA) is 92.2 Å². The van der Waals surface area contributed by atoms with Gasteiger partial charge in [0.15, 0.2) is 12.4 Å². The molecule has 1 saturated heterocycles. The number of rotatable bonds is 7. The van der Waals surface area contributed by atoms with Gasteiger partial charge in [0.05, 0.1) is 24.8 Å². The number of carbonyl (C=O) groups excluding carboxylic acids is 2. The van der Waals surface area contributed by atoms with Gasteiger partial charge in [-0.05, 0) is 43.2 Å². The molecular formula is C22H24F3N3O5. The van der Waals surface area contributed by atoms with Crippen molar-refractivity contribution in [3.8, 4) is 5.75 Å². The number of pyridine rings is 1. The molecule has 1 atom stereocenters. The van der Waals surface area contributed by atoms with Gasteiger partial charge >= 0.3 is 12.3 Å². The standard InChI is InChI=1S/C22H24F3N3O5/c1-2-32-21(31)28(20-18(22(23,24)25)4-3-10-26-20)16-9-11-27(12-16)19(30)14-33-17-7-5-15(13-29)6-8-17/h3-8,10,16,29H,2,9,11-14H2,1H3. The lowest BCUT2D eigenvalue weighted by atomic mass is 10.1. The number of hydrogen-bond donors (Lipinski definition) is 1. The highest BCUT2D eigenvalue weighted by Gasteiger charge is 2.41. The third-order valence-corrected chi connectivity index (χ3v) is 5.13. The van der Waals surface area contributed by atoms with E-state index in [1.165, 1.54) is 11.1 Å². The molecule has 0 aliphatic carbocycles. The lowest BCUT2D eigenvalue weighted by molar-refractivity contribution is -0.137. The van der Waals surface area contributed by atoms with Gasteiger partial charge in [-0.25, -0.2) is 9.78 Å². The van der Waals surface area contributed by atoms with Crippen molar-refractivity contribution in [3.05, 3.63) is 53.7 Å². The maximum absolute atomic E-state index is 13.5. The summed E-state index contributed by atoms with van der Waals surface area (Å²) in [7, 11) is 0. The van der Waals surface area contributed by atoms with Crippen molar-refractivity contribution in [2.24, 2.45) is 0 Å². The fourth-order valence-electron chi connectivity index (χ4n) is 3.52. The Hall–Kier alpha value is -3.34. The largest absolute Gasteiger partial charge is 0.484 e. The van der Waals surface area contributed by atoms with Crippen molar-refractivity contribution in [2.75, 3.05) is 31.2 Å². The first-order chi connectivity index (χ1) is 15.7. The van der Waals surface area contributed by atoms with Gasteiger partial charge in [-0.2, -0.15) is 13.2 Å². The van der Waals surface area contributed by atoms with Gasteiger partial charge in [-0.1, -0.05) is 12.1 Å². The van der Waals surface area contributed by atoms with E-state index in [4.69, 9.17) is 14.6 Å². The summed E-state index contributed by atoms with van der Waals surface area (Å²) >= 11 is 0. The van der Waals surface area contributed by atoms with Crippen molar-refractivity contribution < 1.29 is 37.3 Å². The number of aromatic nitrogens is 1. The number of nitrogens with zero attached hydrogens (tertiary/aromatic N) is 3. The minimum atomic E-state index is -4.72. The number of anilines is 1. The van der Waals surface area contributed by atoms with Crippen LogP contribution < -0.4 is 9.64 Å². The molecular weight excluding hydrogens is 443 g/mol. The molecule has 1 N–H and O–H groups in total. The van der Waals surface area contributed by atoms with Crippen molar-refractivity contribution in [2.45, 2.75) is 32.2 Å². The molecule has 1 aromatic heterocycles. The molecule has 33 heavy (non-hydrogen) atoms. The summed E-state index contributed by atoms with van der Waals surface area (Å²) in [6, 6.07) is 7.81. The molecule has 1 fully saturated rings. The van der Waals surface area contributed by atoms with Crippen LogP contribution in [-0.4, -0.2) is 59.3 Å². The van der Waals surface area contributed by atoms with Crippen LogP contribution in [0.2, 0.25) is 0 Å². The Balaban J connectivity index is 1.72. The molecule has 0 spiro atoms. The van der Waals surface area contributed by atoms with Crippen molar-refractivity contribution >= 4 is 17.8 Å². The summed E-state index contributed by atoms with van der Waals surface area (Å²) in [5, 5.41) is 9.07. The van der Waals surface area contributed by atoms with E-state index in [1.54, 1.807) is 31.2 Å². The molecule has 2 heterocycles. The van der Waals surface area contributed by atoms with Gasteiger partial charge in [0.1, 0.15) is 5.75 Å². The van der Waals surface area contributed by atoms with E-state index in [9.17, 15) is 22.8 Å². The number of benzene rings is 1. The lowest BCUT2D eigenvalue weighted by Gasteiger charge is -2.29. The van der Waals surface area contributed by atoms with Gasteiger partial charge < -0.3 is 19.5 Å². The Morgan fingerprint density at radius 1 is 1.24 bits per heavy atom. The van der Waals surface area contributed by atoms with Crippen molar-refractivity contribution in [1.29, 1.82) is 0 Å². The summed E-state index contributed by atoms with van der Waals surface area (Å²) in [5.41, 5.74) is -0.361. The van der Waals surface area contributed by atoms with Gasteiger partial charge in [0.2, 0.25) is 0 Å². The highest BCUT2D eigenvalue weighted by molar-refractivity contribution is 5.88. The molecule has 0 saturated carbocycles. The molecule has 8 nitrogen and oxygen atoms in total. The number of likely N-dealkylation sites (tertiary alicyclic amines) is 1. The molecule has 178 valence electrons. The van der Waals surface area contributed by atoms with Gasteiger partial charge in [0, 0.05) is 19.3 Å². The minimum Gasteiger partial charge on any atom is -0.484 e. The van der Waals surface area contributed by atoms with Crippen molar-refractivity contribution in [3.63, 3.8) is 0 Å². The molecule has 11 heteroatoms. The lowest BCUT2D eigenvalue weighted by Crippen LogP contribution is -2.45. The monoisotopic (exact) mass is 467 g/mol. The van der Waals surface area contributed by atoms with Crippen LogP contribution in [0, 0.1) is 0 Å². The van der Waals surface area contributed by atoms with E-state index >= 15 is 0 Å². The molecule has 2 amide bonds. The summed E-state index contributed by atoms with van der Waals surface area (Å²) < 4.78 is 51.1. The number of halogens is 3. The van der Waals surface area contributed by atoms with E-state index in [0.29, 0.717) is 11.3 Å². The number of alkyl halides is 3. The van der Waals surface area contributed by atoms with Gasteiger partial charge in [-0.15, -0.1) is 0 Å². The molecule has 2 aromatic rings. The van der Waals surface area contributed by atoms with E-state index in [0.717, 1.165) is 17.0 Å². The Bertz CT molecular complexity index is 968. The third kappa shape index (κ3) is 5.92. The first kappa shape index (κ1) is 24.3. The quantitative estimate of drug-likeness (QED) is 0.672. The molecule has 3 rings (SSSR count). The number of aliphatic hydroxyl groups excluding tert-OH is 1. The number of carbonyl (C=O) groups is 2. The maximum atomic E-state index is 13.5. The summed E-state index contributed by atoms with van der Waals surface area (Å²) in [5.74, 6) is -0.486. The molecule has 1 aliphatic heterocycles. The summed E-state index contributed by atoms with van der Waals surface area (Å²) in [6.07, 6.45) is -4.25. The van der Waals surface area contributed by atoms with Crippen LogP contribution in [0.4, 0.5) is 23.8 Å². The van der Waals surface area contributed by atoms with E-state index in [1.807, 2.05) is 0 Å². The van der Waals surface area contributed by atoms with Crippen molar-refractivity contribution in [1.82, 2.24) is 9.88 Å². The molecule has 0 bridgehead atoms.